The van der Waals surface area contributed by atoms with Crippen LogP contribution in [0.15, 0.2) is 60.0 Å². The van der Waals surface area contributed by atoms with Crippen molar-refractivity contribution in [2.75, 3.05) is 50.2 Å². The lowest BCUT2D eigenvalue weighted by Gasteiger charge is -2.49. The first kappa shape index (κ1) is 22.6. The Morgan fingerprint density at radius 1 is 1.06 bits per heavy atom. The summed E-state index contributed by atoms with van der Waals surface area (Å²) in [7, 11) is 3.39. The number of ether oxygens (including phenoxy) is 2. The monoisotopic (exact) mass is 477 g/mol. The molecule has 0 bridgehead atoms. The van der Waals surface area contributed by atoms with Crippen LogP contribution in [0.5, 0.6) is 11.5 Å². The molecule has 7 heteroatoms. The third-order valence-corrected chi connectivity index (χ3v) is 7.89. The molecule has 0 saturated carbocycles. The molecule has 1 aromatic heterocycles. The number of benzene rings is 2. The fourth-order valence-corrected chi connectivity index (χ4v) is 5.84. The minimum absolute atomic E-state index is 0.0946. The van der Waals surface area contributed by atoms with Crippen LogP contribution in [0.4, 0.5) is 11.4 Å². The van der Waals surface area contributed by atoms with Gasteiger partial charge in [0.2, 0.25) is 5.91 Å². The van der Waals surface area contributed by atoms with E-state index in [0.717, 1.165) is 49.7 Å². The van der Waals surface area contributed by atoms with Gasteiger partial charge < -0.3 is 24.6 Å². The number of hydrogen-bond donors (Lipinski definition) is 1. The maximum atomic E-state index is 13.4. The quantitative estimate of drug-likeness (QED) is 0.558. The number of amides is 1. The van der Waals surface area contributed by atoms with E-state index in [0.29, 0.717) is 6.54 Å². The lowest BCUT2D eigenvalue weighted by atomic mass is 9.83. The van der Waals surface area contributed by atoms with E-state index in [2.05, 4.69) is 56.9 Å². The van der Waals surface area contributed by atoms with Crippen LogP contribution in [0.25, 0.3) is 0 Å². The second kappa shape index (κ2) is 9.97. The minimum atomic E-state index is -0.106. The molecule has 0 radical (unpaired) electrons. The van der Waals surface area contributed by atoms with Gasteiger partial charge in [0.15, 0.2) is 0 Å². The van der Waals surface area contributed by atoms with Crippen LogP contribution in [0.3, 0.4) is 0 Å². The lowest BCUT2D eigenvalue weighted by Crippen LogP contribution is -2.61. The number of hydrogen-bond acceptors (Lipinski definition) is 6. The number of carbonyl (C=O) groups excluding carboxylic acids is 1. The summed E-state index contributed by atoms with van der Waals surface area (Å²) in [6.45, 7) is 3.22. The number of rotatable bonds is 7. The van der Waals surface area contributed by atoms with Crippen LogP contribution in [-0.2, 0) is 17.6 Å². The van der Waals surface area contributed by atoms with Crippen LogP contribution in [0.1, 0.15) is 10.4 Å². The van der Waals surface area contributed by atoms with E-state index in [1.807, 2.05) is 18.2 Å². The Morgan fingerprint density at radius 2 is 1.85 bits per heavy atom. The van der Waals surface area contributed by atoms with E-state index in [9.17, 15) is 4.79 Å². The highest BCUT2D eigenvalue weighted by molar-refractivity contribution is 7.09. The van der Waals surface area contributed by atoms with Crippen molar-refractivity contribution >= 4 is 28.6 Å². The second-order valence-corrected chi connectivity index (χ2v) is 9.86. The van der Waals surface area contributed by atoms with Crippen LogP contribution < -0.4 is 24.6 Å². The van der Waals surface area contributed by atoms with Crippen molar-refractivity contribution in [3.63, 3.8) is 0 Å². The number of nitrogens with zero attached hydrogens (tertiary/aromatic N) is 2. The molecule has 3 heterocycles. The summed E-state index contributed by atoms with van der Waals surface area (Å²) < 4.78 is 10.8. The van der Waals surface area contributed by atoms with E-state index in [4.69, 9.17) is 9.47 Å². The average molecular weight is 478 g/mol. The van der Waals surface area contributed by atoms with Crippen molar-refractivity contribution in [3.8, 4) is 11.5 Å². The zero-order valence-electron chi connectivity index (χ0n) is 19.7. The van der Waals surface area contributed by atoms with E-state index in [1.165, 1.54) is 16.1 Å². The summed E-state index contributed by atoms with van der Waals surface area (Å²) in [6, 6.07) is 18.7. The lowest BCUT2D eigenvalue weighted by molar-refractivity contribution is -0.125. The Morgan fingerprint density at radius 3 is 2.59 bits per heavy atom. The van der Waals surface area contributed by atoms with Crippen molar-refractivity contribution in [2.45, 2.75) is 18.9 Å². The highest BCUT2D eigenvalue weighted by Crippen LogP contribution is 2.39. The maximum absolute atomic E-state index is 13.4. The topological polar surface area (TPSA) is 54.0 Å². The van der Waals surface area contributed by atoms with Gasteiger partial charge in [-0.05, 0) is 60.2 Å². The first-order valence-electron chi connectivity index (χ1n) is 11.8. The zero-order valence-corrected chi connectivity index (χ0v) is 20.5. The molecule has 0 unspecified atom stereocenters. The molecule has 0 spiro atoms. The molecule has 2 aliphatic heterocycles. The van der Waals surface area contributed by atoms with Gasteiger partial charge in [-0.3, -0.25) is 4.79 Å². The van der Waals surface area contributed by atoms with Gasteiger partial charge >= 0.3 is 0 Å². The average Bonchev–Trinajstić information content (AvgIpc) is 3.41. The van der Waals surface area contributed by atoms with Gasteiger partial charge in [0.05, 0.1) is 26.2 Å². The summed E-state index contributed by atoms with van der Waals surface area (Å²) in [6.07, 6.45) is 1.61. The van der Waals surface area contributed by atoms with Crippen LogP contribution >= 0.6 is 11.3 Å². The van der Waals surface area contributed by atoms with Crippen molar-refractivity contribution in [1.82, 2.24) is 5.32 Å². The number of carbonyl (C=O) groups is 1. The van der Waals surface area contributed by atoms with Gasteiger partial charge in [-0.2, -0.15) is 0 Å². The molecule has 6 nitrogen and oxygen atoms in total. The third-order valence-electron chi connectivity index (χ3n) is 6.95. The molecule has 2 atom stereocenters. The first-order chi connectivity index (χ1) is 16.7. The molecule has 1 amide bonds. The summed E-state index contributed by atoms with van der Waals surface area (Å²) in [4.78, 5) is 19.6. The summed E-state index contributed by atoms with van der Waals surface area (Å²) >= 11 is 1.74. The van der Waals surface area contributed by atoms with E-state index in [1.54, 1.807) is 25.6 Å². The normalized spacial score (nSPS) is 19.2. The SMILES string of the molecule is COc1ccc(N2CCN3c4cc(OC)ccc4C[C@@H](C(=O)NCCc4cccs4)[C@@H]3C2)cc1. The molecular formula is C27H31N3O3S. The van der Waals surface area contributed by atoms with Gasteiger partial charge in [0.25, 0.3) is 0 Å². The molecule has 2 aromatic carbocycles. The Kier molecular flexibility index (Phi) is 6.63. The largest absolute Gasteiger partial charge is 0.497 e. The molecule has 1 fully saturated rings. The first-order valence-corrected chi connectivity index (χ1v) is 12.7. The minimum Gasteiger partial charge on any atom is -0.497 e. The summed E-state index contributed by atoms with van der Waals surface area (Å²) in [5, 5.41) is 5.31. The molecule has 2 aliphatic rings. The van der Waals surface area contributed by atoms with Gasteiger partial charge in [-0.15, -0.1) is 11.3 Å². The molecule has 3 aromatic rings. The number of fused-ring (bicyclic) bond motifs is 3. The fraction of sp³-hybridized carbons (Fsp3) is 0.370. The Labute approximate surface area is 205 Å². The Balaban J connectivity index is 1.37. The third kappa shape index (κ3) is 4.57. The van der Waals surface area contributed by atoms with Gasteiger partial charge in [-0.1, -0.05) is 12.1 Å². The van der Waals surface area contributed by atoms with Crippen LogP contribution in [-0.4, -0.2) is 52.3 Å². The number of methoxy groups -OCH3 is 2. The van der Waals surface area contributed by atoms with Crippen molar-refractivity contribution in [2.24, 2.45) is 5.92 Å². The molecular weight excluding hydrogens is 446 g/mol. The van der Waals surface area contributed by atoms with Gasteiger partial charge in [0.1, 0.15) is 11.5 Å². The smallest absolute Gasteiger partial charge is 0.225 e. The van der Waals surface area contributed by atoms with Gasteiger partial charge in [0, 0.05) is 48.5 Å². The highest BCUT2D eigenvalue weighted by Gasteiger charge is 2.41. The number of thiophene rings is 1. The molecule has 5 rings (SSSR count). The number of nitrogens with one attached hydrogen (secondary N) is 1. The number of piperazine rings is 1. The standard InChI is InChI=1S/C27H31N3O3S/c1-32-21-9-6-20(7-10-21)29-13-14-30-25-17-22(33-2)8-5-19(25)16-24(26(30)18-29)27(31)28-12-11-23-4-3-15-34-23/h3-10,15,17,24,26H,11-14,16,18H2,1-2H3,(H,28,31)/t24-,26+/m1/s1. The zero-order chi connectivity index (χ0) is 23.5. The number of anilines is 2. The molecule has 0 aliphatic carbocycles. The summed E-state index contributed by atoms with van der Waals surface area (Å²) in [5.74, 6) is 1.74. The molecule has 34 heavy (non-hydrogen) atoms. The summed E-state index contributed by atoms with van der Waals surface area (Å²) in [5.41, 5.74) is 3.57. The predicted octanol–water partition coefficient (Wildman–Crippen LogP) is 3.99. The van der Waals surface area contributed by atoms with Crippen molar-refractivity contribution in [1.29, 1.82) is 0 Å². The molecule has 178 valence electrons. The molecule has 1 N–H and O–H groups in total. The van der Waals surface area contributed by atoms with Crippen molar-refractivity contribution < 1.29 is 14.3 Å². The Bertz CT molecular complexity index is 1120. The predicted molar refractivity (Wildman–Crippen MR) is 138 cm³/mol. The van der Waals surface area contributed by atoms with Gasteiger partial charge in [-0.25, -0.2) is 0 Å². The maximum Gasteiger partial charge on any atom is 0.225 e. The van der Waals surface area contributed by atoms with E-state index >= 15 is 0 Å². The fourth-order valence-electron chi connectivity index (χ4n) is 5.13. The van der Waals surface area contributed by atoms with E-state index < -0.39 is 0 Å². The van der Waals surface area contributed by atoms with Crippen molar-refractivity contribution in [3.05, 3.63) is 70.4 Å². The van der Waals surface area contributed by atoms with E-state index in [-0.39, 0.29) is 17.9 Å². The Hall–Kier alpha value is -3.19. The highest BCUT2D eigenvalue weighted by atomic mass is 32.1. The second-order valence-electron chi connectivity index (χ2n) is 8.83. The van der Waals surface area contributed by atoms with Crippen LogP contribution in [0, 0.1) is 5.92 Å². The van der Waals surface area contributed by atoms with Crippen LogP contribution in [0.2, 0.25) is 0 Å². The molecule has 1 saturated heterocycles.